The van der Waals surface area contributed by atoms with Crippen LogP contribution in [0.3, 0.4) is 0 Å². The summed E-state index contributed by atoms with van der Waals surface area (Å²) in [6.45, 7) is 0. The molecule has 1 aromatic heterocycles. The van der Waals surface area contributed by atoms with Gasteiger partial charge in [0, 0.05) is 11.1 Å². The summed E-state index contributed by atoms with van der Waals surface area (Å²) in [6, 6.07) is 9.34. The lowest BCUT2D eigenvalue weighted by atomic mass is 9.86. The van der Waals surface area contributed by atoms with E-state index in [9.17, 15) is 4.79 Å². The number of ether oxygens (including phenoxy) is 1. The lowest BCUT2D eigenvalue weighted by Crippen LogP contribution is -2.14. The zero-order valence-electron chi connectivity index (χ0n) is 10.7. The molecular formula is C16H14O3. The second-order valence-corrected chi connectivity index (χ2v) is 4.54. The van der Waals surface area contributed by atoms with Gasteiger partial charge in [0.25, 0.3) is 0 Å². The highest BCUT2D eigenvalue weighted by Crippen LogP contribution is 2.29. The summed E-state index contributed by atoms with van der Waals surface area (Å²) in [7, 11) is 1.61. The van der Waals surface area contributed by atoms with Gasteiger partial charge in [-0.1, -0.05) is 6.07 Å². The van der Waals surface area contributed by atoms with Gasteiger partial charge in [0.05, 0.1) is 13.4 Å². The largest absolute Gasteiger partial charge is 0.497 e. The van der Waals surface area contributed by atoms with Gasteiger partial charge in [0.15, 0.2) is 5.78 Å². The van der Waals surface area contributed by atoms with Crippen molar-refractivity contribution < 1.29 is 13.9 Å². The van der Waals surface area contributed by atoms with Gasteiger partial charge in [-0.05, 0) is 48.7 Å². The van der Waals surface area contributed by atoms with Crippen molar-refractivity contribution in [2.24, 2.45) is 0 Å². The molecule has 3 rings (SSSR count). The minimum atomic E-state index is 0.0663. The Balaban J connectivity index is 1.99. The average molecular weight is 254 g/mol. The van der Waals surface area contributed by atoms with Crippen molar-refractivity contribution in [1.29, 1.82) is 0 Å². The minimum Gasteiger partial charge on any atom is -0.497 e. The number of hydrogen-bond acceptors (Lipinski definition) is 3. The van der Waals surface area contributed by atoms with Crippen LogP contribution in [0.15, 0.2) is 46.6 Å². The SMILES string of the molecule is COc1ccc2c(c1)C(=O)C(=Cc1ccco1)CC2. The Morgan fingerprint density at radius 1 is 1.26 bits per heavy atom. The number of carbonyl (C=O) groups excluding carboxylic acids is 1. The van der Waals surface area contributed by atoms with Crippen LogP contribution in [0.1, 0.15) is 28.1 Å². The van der Waals surface area contributed by atoms with Crippen molar-refractivity contribution in [2.45, 2.75) is 12.8 Å². The molecule has 96 valence electrons. The molecule has 0 spiro atoms. The van der Waals surface area contributed by atoms with Crippen LogP contribution >= 0.6 is 0 Å². The van der Waals surface area contributed by atoms with E-state index in [1.807, 2.05) is 36.4 Å². The molecule has 1 aliphatic carbocycles. The van der Waals surface area contributed by atoms with Crippen molar-refractivity contribution in [1.82, 2.24) is 0 Å². The lowest BCUT2D eigenvalue weighted by molar-refractivity contribution is 0.102. The molecule has 1 aliphatic rings. The van der Waals surface area contributed by atoms with Crippen LogP contribution in [-0.4, -0.2) is 12.9 Å². The van der Waals surface area contributed by atoms with Crippen LogP contribution in [-0.2, 0) is 6.42 Å². The molecule has 1 aromatic carbocycles. The predicted molar refractivity (Wildman–Crippen MR) is 72.3 cm³/mol. The van der Waals surface area contributed by atoms with E-state index in [0.29, 0.717) is 5.75 Å². The first-order chi connectivity index (χ1) is 9.28. The molecule has 0 bridgehead atoms. The third-order valence-corrected chi connectivity index (χ3v) is 3.38. The van der Waals surface area contributed by atoms with Gasteiger partial charge in [-0.25, -0.2) is 0 Å². The highest BCUT2D eigenvalue weighted by atomic mass is 16.5. The maximum absolute atomic E-state index is 12.4. The fraction of sp³-hybridized carbons (Fsp3) is 0.188. The molecular weight excluding hydrogens is 240 g/mol. The summed E-state index contributed by atoms with van der Waals surface area (Å²) in [6.07, 6.45) is 5.05. The van der Waals surface area contributed by atoms with E-state index in [0.717, 1.165) is 35.3 Å². The second-order valence-electron chi connectivity index (χ2n) is 4.54. The van der Waals surface area contributed by atoms with Gasteiger partial charge < -0.3 is 9.15 Å². The maximum Gasteiger partial charge on any atom is 0.189 e. The van der Waals surface area contributed by atoms with E-state index in [4.69, 9.17) is 9.15 Å². The van der Waals surface area contributed by atoms with Gasteiger partial charge in [0.1, 0.15) is 11.5 Å². The molecule has 3 heteroatoms. The number of methoxy groups -OCH3 is 1. The Hall–Kier alpha value is -2.29. The van der Waals surface area contributed by atoms with E-state index in [-0.39, 0.29) is 5.78 Å². The van der Waals surface area contributed by atoms with Crippen LogP contribution in [0, 0.1) is 0 Å². The summed E-state index contributed by atoms with van der Waals surface area (Å²) >= 11 is 0. The molecule has 1 heterocycles. The molecule has 0 atom stereocenters. The van der Waals surface area contributed by atoms with E-state index in [1.165, 1.54) is 0 Å². The van der Waals surface area contributed by atoms with Gasteiger partial charge in [-0.3, -0.25) is 4.79 Å². The summed E-state index contributed by atoms with van der Waals surface area (Å²) in [5.74, 6) is 1.50. The number of Topliss-reactive ketones (excluding diaryl/α,β-unsaturated/α-hetero) is 1. The minimum absolute atomic E-state index is 0.0663. The Bertz CT molecular complexity index is 636. The monoisotopic (exact) mass is 254 g/mol. The molecule has 2 aromatic rings. The highest BCUT2D eigenvalue weighted by Gasteiger charge is 2.22. The number of hydrogen-bond donors (Lipinski definition) is 0. The number of fused-ring (bicyclic) bond motifs is 1. The average Bonchev–Trinajstić information content (AvgIpc) is 2.95. The Morgan fingerprint density at radius 2 is 2.16 bits per heavy atom. The van der Waals surface area contributed by atoms with Crippen molar-refractivity contribution in [3.63, 3.8) is 0 Å². The summed E-state index contributed by atoms with van der Waals surface area (Å²) in [5, 5.41) is 0. The molecule has 3 nitrogen and oxygen atoms in total. The first kappa shape index (κ1) is 11.8. The lowest BCUT2D eigenvalue weighted by Gasteiger charge is -2.17. The molecule has 0 saturated heterocycles. The summed E-state index contributed by atoms with van der Waals surface area (Å²) in [5.41, 5.74) is 2.61. The number of ketones is 1. The van der Waals surface area contributed by atoms with Crippen LogP contribution in [0.4, 0.5) is 0 Å². The molecule has 0 saturated carbocycles. The zero-order chi connectivity index (χ0) is 13.2. The Labute approximate surface area is 111 Å². The van der Waals surface area contributed by atoms with E-state index < -0.39 is 0 Å². The normalized spacial score (nSPS) is 16.5. The van der Waals surface area contributed by atoms with Crippen molar-refractivity contribution in [3.05, 3.63) is 59.1 Å². The third-order valence-electron chi connectivity index (χ3n) is 3.38. The van der Waals surface area contributed by atoms with Crippen molar-refractivity contribution in [3.8, 4) is 5.75 Å². The first-order valence-corrected chi connectivity index (χ1v) is 6.23. The van der Waals surface area contributed by atoms with Crippen LogP contribution in [0.2, 0.25) is 0 Å². The molecule has 0 N–H and O–H groups in total. The second kappa shape index (κ2) is 4.76. The van der Waals surface area contributed by atoms with E-state index in [1.54, 1.807) is 13.4 Å². The number of furan rings is 1. The third kappa shape index (κ3) is 2.19. The fourth-order valence-electron chi connectivity index (χ4n) is 2.35. The maximum atomic E-state index is 12.4. The fourth-order valence-corrected chi connectivity index (χ4v) is 2.35. The van der Waals surface area contributed by atoms with Crippen molar-refractivity contribution in [2.75, 3.05) is 7.11 Å². The molecule has 0 unspecified atom stereocenters. The first-order valence-electron chi connectivity index (χ1n) is 6.23. The Kier molecular flexibility index (Phi) is 2.95. The smallest absolute Gasteiger partial charge is 0.189 e. The Morgan fingerprint density at radius 3 is 2.89 bits per heavy atom. The molecule has 0 radical (unpaired) electrons. The van der Waals surface area contributed by atoms with Crippen molar-refractivity contribution >= 4 is 11.9 Å². The summed E-state index contributed by atoms with van der Waals surface area (Å²) < 4.78 is 10.4. The number of allylic oxidation sites excluding steroid dienone is 1. The molecule has 0 amide bonds. The standard InChI is InChI=1S/C16H14O3/c1-18-13-7-6-11-4-5-12(16(17)15(11)10-13)9-14-3-2-8-19-14/h2-3,6-10H,4-5H2,1H3. The van der Waals surface area contributed by atoms with E-state index in [2.05, 4.69) is 0 Å². The number of carbonyl (C=O) groups is 1. The summed E-state index contributed by atoms with van der Waals surface area (Å²) in [4.78, 5) is 12.4. The molecule has 0 aliphatic heterocycles. The van der Waals surface area contributed by atoms with Gasteiger partial charge >= 0.3 is 0 Å². The highest BCUT2D eigenvalue weighted by molar-refractivity contribution is 6.13. The van der Waals surface area contributed by atoms with Crippen LogP contribution in [0.5, 0.6) is 5.75 Å². The topological polar surface area (TPSA) is 39.4 Å². The number of aryl methyl sites for hydroxylation is 1. The quantitative estimate of drug-likeness (QED) is 0.770. The van der Waals surface area contributed by atoms with Crippen LogP contribution < -0.4 is 4.74 Å². The van der Waals surface area contributed by atoms with Gasteiger partial charge in [0.2, 0.25) is 0 Å². The van der Waals surface area contributed by atoms with Gasteiger partial charge in [-0.15, -0.1) is 0 Å². The number of benzene rings is 1. The number of rotatable bonds is 2. The van der Waals surface area contributed by atoms with Gasteiger partial charge in [-0.2, -0.15) is 0 Å². The van der Waals surface area contributed by atoms with Crippen LogP contribution in [0.25, 0.3) is 6.08 Å². The molecule has 19 heavy (non-hydrogen) atoms. The molecule has 0 fully saturated rings. The predicted octanol–water partition coefficient (Wildman–Crippen LogP) is 3.50. The van der Waals surface area contributed by atoms with E-state index >= 15 is 0 Å². The zero-order valence-corrected chi connectivity index (χ0v) is 10.7.